The molecule has 1 rings (SSSR count). The summed E-state index contributed by atoms with van der Waals surface area (Å²) in [5.41, 5.74) is 0. The second-order valence-corrected chi connectivity index (χ2v) is 4.27. The Balaban J connectivity index is 2.34. The molecule has 0 aromatic heterocycles. The number of hydrogen-bond donors (Lipinski definition) is 1. The second-order valence-electron chi connectivity index (χ2n) is 4.27. The number of amides is 2. The zero-order chi connectivity index (χ0) is 12.8. The third-order valence-electron chi connectivity index (χ3n) is 3.03. The molecule has 0 unspecified atom stereocenters. The third kappa shape index (κ3) is 4.22. The lowest BCUT2D eigenvalue weighted by atomic mass is 10.1. The second kappa shape index (κ2) is 6.44. The lowest BCUT2D eigenvalue weighted by Gasteiger charge is -2.33. The summed E-state index contributed by atoms with van der Waals surface area (Å²) in [6, 6.07) is -0.0965. The van der Waals surface area contributed by atoms with Crippen LogP contribution in [0.4, 0.5) is 4.79 Å². The maximum Gasteiger partial charge on any atom is 0.319 e. The molecule has 1 aliphatic rings. The van der Waals surface area contributed by atoms with Gasteiger partial charge < -0.3 is 19.6 Å². The molecule has 98 valence electrons. The molecule has 2 amide bonds. The van der Waals surface area contributed by atoms with Crippen molar-refractivity contribution in [3.05, 3.63) is 0 Å². The molecule has 1 aliphatic heterocycles. The largest absolute Gasteiger partial charge is 0.481 e. The fraction of sp³-hybridized carbons (Fsp3) is 0.818. The zero-order valence-corrected chi connectivity index (χ0v) is 10.4. The van der Waals surface area contributed by atoms with Crippen molar-refractivity contribution in [3.8, 4) is 0 Å². The third-order valence-corrected chi connectivity index (χ3v) is 3.03. The van der Waals surface area contributed by atoms with Gasteiger partial charge in [-0.25, -0.2) is 4.79 Å². The first-order chi connectivity index (χ1) is 8.04. The Morgan fingerprint density at radius 2 is 2.00 bits per heavy atom. The van der Waals surface area contributed by atoms with Gasteiger partial charge in [0, 0.05) is 33.8 Å². The number of methoxy groups -OCH3 is 1. The van der Waals surface area contributed by atoms with Crippen LogP contribution in [0, 0.1) is 0 Å². The van der Waals surface area contributed by atoms with Gasteiger partial charge in [0.2, 0.25) is 0 Å². The van der Waals surface area contributed by atoms with Gasteiger partial charge in [0.05, 0.1) is 12.5 Å². The predicted molar refractivity (Wildman–Crippen MR) is 61.9 cm³/mol. The van der Waals surface area contributed by atoms with E-state index in [0.29, 0.717) is 13.1 Å². The van der Waals surface area contributed by atoms with E-state index < -0.39 is 5.97 Å². The Labute approximate surface area is 101 Å². The van der Waals surface area contributed by atoms with Crippen molar-refractivity contribution in [3.63, 3.8) is 0 Å². The molecule has 0 saturated carbocycles. The van der Waals surface area contributed by atoms with E-state index in [1.807, 2.05) is 0 Å². The molecule has 6 heteroatoms. The number of hydrogen-bond acceptors (Lipinski definition) is 3. The molecule has 0 aromatic rings. The van der Waals surface area contributed by atoms with Crippen molar-refractivity contribution < 1.29 is 19.4 Å². The molecule has 17 heavy (non-hydrogen) atoms. The van der Waals surface area contributed by atoms with E-state index in [1.54, 1.807) is 19.1 Å². The maximum absolute atomic E-state index is 11.9. The highest BCUT2D eigenvalue weighted by atomic mass is 16.5. The number of carboxylic acids is 1. The van der Waals surface area contributed by atoms with Crippen molar-refractivity contribution >= 4 is 12.0 Å². The van der Waals surface area contributed by atoms with Gasteiger partial charge in [-0.3, -0.25) is 4.79 Å². The average Bonchev–Trinajstić information content (AvgIpc) is 2.35. The van der Waals surface area contributed by atoms with Crippen LogP contribution in [0.2, 0.25) is 0 Å². The number of piperidine rings is 1. The fourth-order valence-corrected chi connectivity index (χ4v) is 1.88. The zero-order valence-electron chi connectivity index (χ0n) is 10.4. The summed E-state index contributed by atoms with van der Waals surface area (Å²) in [6.07, 6.45) is 1.91. The average molecular weight is 244 g/mol. The summed E-state index contributed by atoms with van der Waals surface area (Å²) in [5.74, 6) is -0.886. The number of nitrogens with zero attached hydrogens (tertiary/aromatic N) is 2. The van der Waals surface area contributed by atoms with E-state index >= 15 is 0 Å². The van der Waals surface area contributed by atoms with Crippen LogP contribution < -0.4 is 0 Å². The molecule has 1 heterocycles. The number of carbonyl (C=O) groups excluding carboxylic acids is 1. The minimum atomic E-state index is -0.886. The van der Waals surface area contributed by atoms with Crippen LogP contribution in [-0.2, 0) is 9.53 Å². The van der Waals surface area contributed by atoms with Crippen LogP contribution in [0.25, 0.3) is 0 Å². The van der Waals surface area contributed by atoms with Crippen LogP contribution in [0.5, 0.6) is 0 Å². The van der Waals surface area contributed by atoms with E-state index in [4.69, 9.17) is 9.84 Å². The molecular weight excluding hydrogens is 224 g/mol. The summed E-state index contributed by atoms with van der Waals surface area (Å²) in [5, 5.41) is 8.55. The van der Waals surface area contributed by atoms with Gasteiger partial charge in [-0.2, -0.15) is 0 Å². The summed E-state index contributed by atoms with van der Waals surface area (Å²) >= 11 is 0. The van der Waals surface area contributed by atoms with Crippen molar-refractivity contribution in [2.24, 2.45) is 0 Å². The van der Waals surface area contributed by atoms with Crippen molar-refractivity contribution in [2.45, 2.75) is 25.4 Å². The number of ether oxygens (including phenoxy) is 1. The predicted octanol–water partition coefficient (Wildman–Crippen LogP) is 0.624. The molecule has 0 atom stereocenters. The van der Waals surface area contributed by atoms with Crippen LogP contribution in [0.3, 0.4) is 0 Å². The topological polar surface area (TPSA) is 70.1 Å². The quantitative estimate of drug-likeness (QED) is 0.787. The van der Waals surface area contributed by atoms with Gasteiger partial charge in [-0.05, 0) is 12.8 Å². The Bertz CT molecular complexity index is 275. The van der Waals surface area contributed by atoms with Gasteiger partial charge in [0.1, 0.15) is 0 Å². The number of urea groups is 1. The molecule has 1 saturated heterocycles. The standard InChI is InChI=1S/C11H20N2O4/c1-12(6-5-10(14)15)11(16)13-7-3-9(17-2)4-8-13/h9H,3-8H2,1-2H3,(H,14,15). The number of likely N-dealkylation sites (tertiary alicyclic amines) is 1. The van der Waals surface area contributed by atoms with Crippen molar-refractivity contribution in [1.82, 2.24) is 9.80 Å². The summed E-state index contributed by atoms with van der Waals surface area (Å²) in [4.78, 5) is 25.5. The van der Waals surface area contributed by atoms with Gasteiger partial charge in [-0.1, -0.05) is 0 Å². The number of carboxylic acid groups (broad SMARTS) is 1. The highest BCUT2D eigenvalue weighted by Crippen LogP contribution is 2.14. The summed E-state index contributed by atoms with van der Waals surface area (Å²) in [7, 11) is 3.31. The van der Waals surface area contributed by atoms with Crippen LogP contribution >= 0.6 is 0 Å². The van der Waals surface area contributed by atoms with E-state index in [2.05, 4.69) is 0 Å². The number of carbonyl (C=O) groups is 2. The minimum Gasteiger partial charge on any atom is -0.481 e. The molecule has 0 spiro atoms. The fourth-order valence-electron chi connectivity index (χ4n) is 1.88. The number of rotatable bonds is 4. The molecule has 1 N–H and O–H groups in total. The maximum atomic E-state index is 11.9. The van der Waals surface area contributed by atoms with Crippen molar-refractivity contribution in [1.29, 1.82) is 0 Å². The van der Waals surface area contributed by atoms with Gasteiger partial charge >= 0.3 is 12.0 Å². The Morgan fingerprint density at radius 3 is 2.47 bits per heavy atom. The van der Waals surface area contributed by atoms with Gasteiger partial charge in [0.25, 0.3) is 0 Å². The molecule has 0 aliphatic carbocycles. The van der Waals surface area contributed by atoms with Crippen LogP contribution in [0.15, 0.2) is 0 Å². The van der Waals surface area contributed by atoms with Gasteiger partial charge in [0.15, 0.2) is 0 Å². The SMILES string of the molecule is COC1CCN(C(=O)N(C)CCC(=O)O)CC1. The Kier molecular flexibility index (Phi) is 5.21. The molecular formula is C11H20N2O4. The lowest BCUT2D eigenvalue weighted by Crippen LogP contribution is -2.46. The monoisotopic (exact) mass is 244 g/mol. The van der Waals surface area contributed by atoms with E-state index in [0.717, 1.165) is 12.8 Å². The highest BCUT2D eigenvalue weighted by Gasteiger charge is 2.24. The first-order valence-electron chi connectivity index (χ1n) is 5.79. The normalized spacial score (nSPS) is 16.9. The molecule has 0 radical (unpaired) electrons. The Morgan fingerprint density at radius 1 is 1.41 bits per heavy atom. The molecule has 1 fully saturated rings. The molecule has 0 bridgehead atoms. The first kappa shape index (κ1) is 13.8. The molecule has 6 nitrogen and oxygen atoms in total. The summed E-state index contributed by atoms with van der Waals surface area (Å²) < 4.78 is 5.23. The van der Waals surface area contributed by atoms with Gasteiger partial charge in [-0.15, -0.1) is 0 Å². The Hall–Kier alpha value is -1.30. The smallest absolute Gasteiger partial charge is 0.319 e. The van der Waals surface area contributed by atoms with E-state index in [9.17, 15) is 9.59 Å². The van der Waals surface area contributed by atoms with E-state index in [-0.39, 0.29) is 25.1 Å². The number of aliphatic carboxylic acids is 1. The lowest BCUT2D eigenvalue weighted by molar-refractivity contribution is -0.137. The summed E-state index contributed by atoms with van der Waals surface area (Å²) in [6.45, 7) is 1.60. The van der Waals surface area contributed by atoms with Crippen LogP contribution in [-0.4, -0.2) is 66.8 Å². The van der Waals surface area contributed by atoms with Crippen LogP contribution in [0.1, 0.15) is 19.3 Å². The first-order valence-corrected chi connectivity index (χ1v) is 5.79. The molecule has 0 aromatic carbocycles. The van der Waals surface area contributed by atoms with Crippen molar-refractivity contribution in [2.75, 3.05) is 33.8 Å². The van der Waals surface area contributed by atoms with E-state index in [1.165, 1.54) is 4.90 Å². The highest BCUT2D eigenvalue weighted by molar-refractivity contribution is 5.75. The minimum absolute atomic E-state index is 0.0171.